The first-order chi connectivity index (χ1) is 11.1. The molecule has 4 heterocycles. The normalized spacial score (nSPS) is 27.7. The maximum absolute atomic E-state index is 12.8. The molecule has 1 aromatic heterocycles. The standard InChI is InChI=1S/C17H21ClN2O2S/c18-15-7-6-14(23-15)17(22)20-9-11-4-5-13(20)10-19(8-11)16(21)12-2-1-3-12/h6-7,11-13H,1-5,8-10H2. The van der Waals surface area contributed by atoms with E-state index in [1.165, 1.54) is 17.8 Å². The molecular weight excluding hydrogens is 332 g/mol. The fourth-order valence-electron chi connectivity index (χ4n) is 3.99. The van der Waals surface area contributed by atoms with Crippen molar-refractivity contribution < 1.29 is 9.59 Å². The van der Waals surface area contributed by atoms with Crippen LogP contribution in [0.2, 0.25) is 4.34 Å². The zero-order valence-electron chi connectivity index (χ0n) is 13.0. The van der Waals surface area contributed by atoms with Gasteiger partial charge in [0.05, 0.1) is 9.21 Å². The molecule has 23 heavy (non-hydrogen) atoms. The molecule has 4 fully saturated rings. The Hall–Kier alpha value is -1.07. The summed E-state index contributed by atoms with van der Waals surface area (Å²) in [6.07, 6.45) is 5.39. The second kappa shape index (κ2) is 6.10. The molecule has 0 N–H and O–H groups in total. The van der Waals surface area contributed by atoms with Gasteiger partial charge in [-0.3, -0.25) is 9.59 Å². The lowest BCUT2D eigenvalue weighted by Crippen LogP contribution is -2.48. The highest BCUT2D eigenvalue weighted by Gasteiger charge is 2.41. The van der Waals surface area contributed by atoms with E-state index in [4.69, 9.17) is 11.6 Å². The minimum atomic E-state index is 0.0783. The number of halogens is 1. The molecule has 0 radical (unpaired) electrons. The minimum Gasteiger partial charge on any atom is -0.340 e. The van der Waals surface area contributed by atoms with Crippen molar-refractivity contribution in [1.29, 1.82) is 0 Å². The number of hydrogen-bond acceptors (Lipinski definition) is 3. The van der Waals surface area contributed by atoms with Crippen LogP contribution in [-0.4, -0.2) is 47.3 Å². The van der Waals surface area contributed by atoms with Gasteiger partial charge in [0.1, 0.15) is 0 Å². The molecule has 1 aromatic rings. The van der Waals surface area contributed by atoms with E-state index >= 15 is 0 Å². The lowest BCUT2D eigenvalue weighted by molar-refractivity contribution is -0.138. The second-order valence-electron chi connectivity index (χ2n) is 7.03. The summed E-state index contributed by atoms with van der Waals surface area (Å²) in [4.78, 5) is 30.2. The molecule has 2 atom stereocenters. The molecule has 4 nitrogen and oxygen atoms in total. The van der Waals surface area contributed by atoms with Crippen LogP contribution in [0.4, 0.5) is 0 Å². The van der Waals surface area contributed by atoms with Crippen molar-refractivity contribution in [3.05, 3.63) is 21.3 Å². The lowest BCUT2D eigenvalue weighted by Gasteiger charge is -2.36. The Morgan fingerprint density at radius 3 is 2.57 bits per heavy atom. The number of amides is 2. The SMILES string of the molecule is O=C(C1CCC1)N1CC2CCC(C1)N(C(=O)c1ccc(Cl)s1)C2. The number of rotatable bonds is 2. The van der Waals surface area contributed by atoms with Crippen LogP contribution in [0.5, 0.6) is 0 Å². The van der Waals surface area contributed by atoms with Gasteiger partial charge >= 0.3 is 0 Å². The van der Waals surface area contributed by atoms with Crippen LogP contribution in [0, 0.1) is 11.8 Å². The maximum Gasteiger partial charge on any atom is 0.264 e. The Balaban J connectivity index is 1.51. The molecule has 124 valence electrons. The number of fused-ring (bicyclic) bond motifs is 4. The predicted octanol–water partition coefficient (Wildman–Crippen LogP) is 3.26. The average Bonchev–Trinajstić information content (AvgIpc) is 2.72. The average molecular weight is 353 g/mol. The summed E-state index contributed by atoms with van der Waals surface area (Å²) in [6, 6.07) is 3.75. The monoisotopic (exact) mass is 352 g/mol. The van der Waals surface area contributed by atoms with E-state index in [1.807, 2.05) is 15.9 Å². The van der Waals surface area contributed by atoms with Crippen LogP contribution in [0.15, 0.2) is 12.1 Å². The van der Waals surface area contributed by atoms with Crippen molar-refractivity contribution in [3.8, 4) is 0 Å². The van der Waals surface area contributed by atoms with Crippen LogP contribution < -0.4 is 0 Å². The zero-order valence-corrected chi connectivity index (χ0v) is 14.6. The van der Waals surface area contributed by atoms with Gasteiger partial charge in [0.25, 0.3) is 5.91 Å². The van der Waals surface area contributed by atoms with E-state index in [0.717, 1.165) is 38.8 Å². The summed E-state index contributed by atoms with van der Waals surface area (Å²) in [7, 11) is 0. The Morgan fingerprint density at radius 1 is 1.09 bits per heavy atom. The first-order valence-corrected chi connectivity index (χ1v) is 9.66. The quantitative estimate of drug-likeness (QED) is 0.819. The molecule has 6 heteroatoms. The van der Waals surface area contributed by atoms with Crippen LogP contribution in [0.3, 0.4) is 0 Å². The van der Waals surface area contributed by atoms with Crippen molar-refractivity contribution in [1.82, 2.24) is 9.80 Å². The van der Waals surface area contributed by atoms with E-state index in [9.17, 15) is 9.59 Å². The molecule has 2 amide bonds. The van der Waals surface area contributed by atoms with Gasteiger partial charge in [-0.05, 0) is 43.7 Å². The minimum absolute atomic E-state index is 0.0783. The number of piperidine rings is 1. The van der Waals surface area contributed by atoms with Gasteiger partial charge in [0.2, 0.25) is 5.91 Å². The van der Waals surface area contributed by atoms with Crippen molar-refractivity contribution >= 4 is 34.8 Å². The zero-order chi connectivity index (χ0) is 16.0. The van der Waals surface area contributed by atoms with Gasteiger partial charge in [-0.15, -0.1) is 11.3 Å². The third-order valence-electron chi connectivity index (χ3n) is 5.52. The first kappa shape index (κ1) is 15.5. The third kappa shape index (κ3) is 2.89. The molecule has 0 spiro atoms. The summed E-state index contributed by atoms with van der Waals surface area (Å²) in [5, 5.41) is 0. The van der Waals surface area contributed by atoms with Crippen molar-refractivity contribution in [3.63, 3.8) is 0 Å². The van der Waals surface area contributed by atoms with Crippen LogP contribution in [-0.2, 0) is 4.79 Å². The lowest BCUT2D eigenvalue weighted by atomic mass is 9.84. The fraction of sp³-hybridized carbons (Fsp3) is 0.647. The van der Waals surface area contributed by atoms with Gasteiger partial charge < -0.3 is 9.80 Å². The summed E-state index contributed by atoms with van der Waals surface area (Å²) < 4.78 is 0.648. The van der Waals surface area contributed by atoms with Crippen LogP contribution in [0.25, 0.3) is 0 Å². The van der Waals surface area contributed by atoms with E-state index in [1.54, 1.807) is 6.07 Å². The summed E-state index contributed by atoms with van der Waals surface area (Å²) >= 11 is 7.31. The second-order valence-corrected chi connectivity index (χ2v) is 8.74. The Labute approximate surface area is 145 Å². The Morgan fingerprint density at radius 2 is 1.91 bits per heavy atom. The third-order valence-corrected chi connectivity index (χ3v) is 6.74. The van der Waals surface area contributed by atoms with Crippen LogP contribution >= 0.6 is 22.9 Å². The van der Waals surface area contributed by atoms with Crippen molar-refractivity contribution in [2.75, 3.05) is 19.6 Å². The molecule has 3 saturated heterocycles. The van der Waals surface area contributed by atoms with Gasteiger partial charge in [-0.1, -0.05) is 18.0 Å². The van der Waals surface area contributed by atoms with E-state index in [-0.39, 0.29) is 17.9 Å². The highest BCUT2D eigenvalue weighted by atomic mass is 35.5. The maximum atomic E-state index is 12.8. The topological polar surface area (TPSA) is 40.6 Å². The van der Waals surface area contributed by atoms with E-state index in [0.29, 0.717) is 27.6 Å². The largest absolute Gasteiger partial charge is 0.340 e. The number of hydrogen-bond donors (Lipinski definition) is 0. The number of nitrogens with zero attached hydrogens (tertiary/aromatic N) is 2. The Kier molecular flexibility index (Phi) is 4.10. The summed E-state index contributed by atoms with van der Waals surface area (Å²) in [5.41, 5.74) is 0. The molecule has 0 aromatic carbocycles. The van der Waals surface area contributed by atoms with Gasteiger partial charge in [0, 0.05) is 31.6 Å². The van der Waals surface area contributed by atoms with Crippen LogP contribution in [0.1, 0.15) is 41.8 Å². The van der Waals surface area contributed by atoms with Gasteiger partial charge in [-0.25, -0.2) is 0 Å². The van der Waals surface area contributed by atoms with E-state index in [2.05, 4.69) is 0 Å². The predicted molar refractivity (Wildman–Crippen MR) is 90.8 cm³/mol. The molecule has 2 unspecified atom stereocenters. The molecule has 5 rings (SSSR count). The number of thiophene rings is 1. The number of carbonyl (C=O) groups is 2. The molecule has 3 aliphatic heterocycles. The Bertz CT molecular complexity index is 628. The molecule has 1 aliphatic carbocycles. The van der Waals surface area contributed by atoms with Gasteiger partial charge in [0.15, 0.2) is 0 Å². The molecule has 1 saturated carbocycles. The molecule has 4 aliphatic rings. The van der Waals surface area contributed by atoms with Crippen molar-refractivity contribution in [2.24, 2.45) is 11.8 Å². The number of carbonyl (C=O) groups excluding carboxylic acids is 2. The summed E-state index contributed by atoms with van der Waals surface area (Å²) in [6.45, 7) is 2.30. The first-order valence-electron chi connectivity index (χ1n) is 8.47. The molecule has 2 bridgehead atoms. The highest BCUT2D eigenvalue weighted by Crippen LogP contribution is 2.34. The van der Waals surface area contributed by atoms with Gasteiger partial charge in [-0.2, -0.15) is 0 Å². The summed E-state index contributed by atoms with van der Waals surface area (Å²) in [5.74, 6) is 1.06. The molecular formula is C17H21ClN2O2S. The fourth-order valence-corrected chi connectivity index (χ4v) is 4.99. The smallest absolute Gasteiger partial charge is 0.264 e. The van der Waals surface area contributed by atoms with E-state index < -0.39 is 0 Å². The highest BCUT2D eigenvalue weighted by molar-refractivity contribution is 7.17. The van der Waals surface area contributed by atoms with Crippen molar-refractivity contribution in [2.45, 2.75) is 38.1 Å².